The van der Waals surface area contributed by atoms with Gasteiger partial charge in [0.05, 0.1) is 28.6 Å². The van der Waals surface area contributed by atoms with E-state index in [-0.39, 0.29) is 34.4 Å². The van der Waals surface area contributed by atoms with Crippen LogP contribution < -0.4 is 22.1 Å². The highest BCUT2D eigenvalue weighted by molar-refractivity contribution is 6.07. The number of nitrogens with one attached hydrogen (secondary N) is 2. The van der Waals surface area contributed by atoms with Crippen molar-refractivity contribution in [1.29, 1.82) is 0 Å². The second-order valence-electron chi connectivity index (χ2n) is 15.8. The number of para-hydroxylation sites is 2. The first kappa shape index (κ1) is 44.2. The molecule has 7 aromatic carbocycles. The van der Waals surface area contributed by atoms with Gasteiger partial charge in [0.15, 0.2) is 22.8 Å². The molecule has 2 amide bonds. The molecule has 0 fully saturated rings. The van der Waals surface area contributed by atoms with E-state index >= 15 is 0 Å². The Morgan fingerprint density at radius 3 is 1.62 bits per heavy atom. The topological polar surface area (TPSA) is 141 Å². The van der Waals surface area contributed by atoms with Crippen LogP contribution in [0.3, 0.4) is 0 Å². The zero-order valence-corrected chi connectivity index (χ0v) is 36.5. The Kier molecular flexibility index (Phi) is 12.0. The van der Waals surface area contributed by atoms with Crippen molar-refractivity contribution in [2.75, 3.05) is 10.6 Å². The van der Waals surface area contributed by atoms with Crippen LogP contribution in [-0.4, -0.2) is 25.9 Å². The van der Waals surface area contributed by atoms with E-state index in [0.29, 0.717) is 56.0 Å². The number of fused-ring (bicyclic) bond motifs is 2. The summed E-state index contributed by atoms with van der Waals surface area (Å²) in [4.78, 5) is 55.4. The maximum Gasteiger partial charge on any atom is 0.424 e. The number of carbonyl (C=O) groups is 2. The number of amides is 2. The molecule has 0 radical (unpaired) electrons. The molecule has 3 heterocycles. The summed E-state index contributed by atoms with van der Waals surface area (Å²) in [6.45, 7) is 5.63. The molecule has 0 spiro atoms. The van der Waals surface area contributed by atoms with E-state index in [1.807, 2.05) is 75.4 Å². The summed E-state index contributed by atoms with van der Waals surface area (Å²) < 4.78 is 55.0. The monoisotopic (exact) mass is 909 g/mol. The molecule has 68 heavy (non-hydrogen) atoms. The summed E-state index contributed by atoms with van der Waals surface area (Å²) in [5.74, 6) is -4.55. The van der Waals surface area contributed by atoms with Crippen molar-refractivity contribution < 1.29 is 31.6 Å². The number of carbonyl (C=O) groups excluding carboxylic acids is 2. The van der Waals surface area contributed by atoms with Gasteiger partial charge in [0.2, 0.25) is 0 Å². The third-order valence-corrected chi connectivity index (χ3v) is 11.3. The molecule has 0 aliphatic carbocycles. The molecule has 0 unspecified atom stereocenters. The van der Waals surface area contributed by atoms with E-state index in [1.165, 1.54) is 41.0 Å². The number of halogens is 3. The maximum atomic E-state index is 14.5. The lowest BCUT2D eigenvalue weighted by molar-refractivity contribution is 0.101. The molecular weight excluding hydrogens is 872 g/mol. The molecule has 0 saturated carbocycles. The Morgan fingerprint density at radius 2 is 1.07 bits per heavy atom. The minimum atomic E-state index is -1.15. The molecule has 0 saturated heterocycles. The summed E-state index contributed by atoms with van der Waals surface area (Å²) >= 11 is 0. The highest BCUT2D eigenvalue weighted by atomic mass is 19.2. The van der Waals surface area contributed by atoms with E-state index in [2.05, 4.69) is 15.6 Å². The second kappa shape index (κ2) is 18.4. The minimum absolute atomic E-state index is 0.204. The average Bonchev–Trinajstić information content (AvgIpc) is 3.87. The number of hydrogen-bond acceptors (Lipinski definition) is 7. The predicted molar refractivity (Wildman–Crippen MR) is 255 cm³/mol. The van der Waals surface area contributed by atoms with E-state index in [4.69, 9.17) is 8.83 Å². The van der Waals surface area contributed by atoms with E-state index in [1.54, 1.807) is 67.0 Å². The van der Waals surface area contributed by atoms with Gasteiger partial charge in [-0.2, -0.15) is 0 Å². The van der Waals surface area contributed by atoms with Crippen molar-refractivity contribution in [2.24, 2.45) is 0 Å². The van der Waals surface area contributed by atoms with Crippen LogP contribution >= 0.6 is 0 Å². The highest BCUT2D eigenvalue weighted by Gasteiger charge is 2.21. The lowest BCUT2D eigenvalue weighted by Gasteiger charge is -2.11. The van der Waals surface area contributed by atoms with Crippen LogP contribution in [0.5, 0.6) is 0 Å². The highest BCUT2D eigenvalue weighted by Crippen LogP contribution is 2.33. The van der Waals surface area contributed by atoms with Crippen LogP contribution in [0.25, 0.3) is 55.8 Å². The SMILES string of the molecule is Cc1ccc(-c2cccc3c2oc(=O)n3-c2cccnc2)cc1C(=O)Nc1ccc(F)cc1.Cc1ccc(NC(=O)c2cc(-c3cccc4c3oc(=O)n4-c3cccc(F)c3F)ccc2C)cc1. The number of oxazole rings is 2. The van der Waals surface area contributed by atoms with Gasteiger partial charge in [-0.25, -0.2) is 31.9 Å². The van der Waals surface area contributed by atoms with Gasteiger partial charge in [-0.3, -0.25) is 14.6 Å². The average molecular weight is 910 g/mol. The van der Waals surface area contributed by atoms with Gasteiger partial charge < -0.3 is 19.5 Å². The van der Waals surface area contributed by atoms with Crippen molar-refractivity contribution in [3.8, 4) is 33.6 Å². The first-order chi connectivity index (χ1) is 32.8. The van der Waals surface area contributed by atoms with Gasteiger partial charge in [-0.05, 0) is 128 Å². The molecule has 10 aromatic rings. The summed E-state index contributed by atoms with van der Waals surface area (Å²) in [6, 6.07) is 41.5. The quantitative estimate of drug-likeness (QED) is 0.155. The van der Waals surface area contributed by atoms with Crippen molar-refractivity contribution in [2.45, 2.75) is 20.8 Å². The van der Waals surface area contributed by atoms with Gasteiger partial charge in [-0.15, -0.1) is 0 Å². The molecule has 3 aromatic heterocycles. The zero-order valence-electron chi connectivity index (χ0n) is 36.5. The van der Waals surface area contributed by atoms with Gasteiger partial charge >= 0.3 is 11.5 Å². The third-order valence-electron chi connectivity index (χ3n) is 11.3. The normalized spacial score (nSPS) is 11.0. The molecule has 336 valence electrons. The fourth-order valence-electron chi connectivity index (χ4n) is 7.79. The third kappa shape index (κ3) is 8.73. The van der Waals surface area contributed by atoms with E-state index in [0.717, 1.165) is 32.9 Å². The number of aryl methyl sites for hydroxylation is 3. The molecule has 0 bridgehead atoms. The van der Waals surface area contributed by atoms with Gasteiger partial charge in [0, 0.05) is 39.8 Å². The molecule has 0 atom stereocenters. The Labute approximate surface area is 385 Å². The lowest BCUT2D eigenvalue weighted by atomic mass is 9.98. The first-order valence-corrected chi connectivity index (χ1v) is 21.2. The largest absolute Gasteiger partial charge is 0.424 e. The molecular formula is C54H38F3N5O6. The predicted octanol–water partition coefficient (Wildman–Crippen LogP) is 11.7. The first-order valence-electron chi connectivity index (χ1n) is 21.2. The van der Waals surface area contributed by atoms with Crippen molar-refractivity contribution in [1.82, 2.24) is 14.1 Å². The molecule has 10 rings (SSSR count). The van der Waals surface area contributed by atoms with Crippen molar-refractivity contribution >= 4 is 45.4 Å². The van der Waals surface area contributed by atoms with Gasteiger partial charge in [0.1, 0.15) is 5.82 Å². The summed E-state index contributed by atoms with van der Waals surface area (Å²) in [6.07, 6.45) is 3.22. The Morgan fingerprint density at radius 1 is 0.559 bits per heavy atom. The number of nitrogens with zero attached hydrogens (tertiary/aromatic N) is 3. The van der Waals surface area contributed by atoms with Crippen LogP contribution in [0, 0.1) is 38.2 Å². The van der Waals surface area contributed by atoms with Gasteiger partial charge in [-0.1, -0.05) is 72.3 Å². The van der Waals surface area contributed by atoms with Crippen LogP contribution in [-0.2, 0) is 0 Å². The molecule has 0 aliphatic rings. The number of hydrogen-bond donors (Lipinski definition) is 2. The number of aromatic nitrogens is 3. The molecule has 2 N–H and O–H groups in total. The Hall–Kier alpha value is -9.04. The number of rotatable bonds is 8. The second-order valence-corrected chi connectivity index (χ2v) is 15.8. The lowest BCUT2D eigenvalue weighted by Crippen LogP contribution is -2.13. The number of pyridine rings is 1. The van der Waals surface area contributed by atoms with Crippen LogP contribution in [0.4, 0.5) is 24.5 Å². The molecule has 11 nitrogen and oxygen atoms in total. The Bertz CT molecular complexity index is 3670. The number of benzene rings is 7. The standard InChI is InChI=1S/C28H20F2N2O3.C26H18FN3O3/c1-16-9-13-19(14-10-16)31-27(33)21-15-18(12-11-17(21)2)20-5-3-8-24-26(20)35-28(34)32(24)23-7-4-6-22(29)25(23)30;1-16-7-8-17(14-22(16)25(31)29-19-11-9-18(27)10-12-19)21-5-2-6-23-24(21)33-26(32)30(23)20-4-3-13-28-15-20/h3-15H,1-2H3,(H,31,33);2-15H,1H3,(H,29,31). The van der Waals surface area contributed by atoms with Crippen LogP contribution in [0.2, 0.25) is 0 Å². The van der Waals surface area contributed by atoms with Crippen LogP contribution in [0.15, 0.2) is 182 Å². The zero-order chi connectivity index (χ0) is 47.6. The fourth-order valence-corrected chi connectivity index (χ4v) is 7.79. The van der Waals surface area contributed by atoms with E-state index < -0.39 is 23.1 Å². The summed E-state index contributed by atoms with van der Waals surface area (Å²) in [7, 11) is 0. The molecule has 14 heteroatoms. The number of anilines is 2. The van der Waals surface area contributed by atoms with Crippen molar-refractivity contribution in [3.05, 3.63) is 230 Å². The van der Waals surface area contributed by atoms with Crippen molar-refractivity contribution in [3.63, 3.8) is 0 Å². The smallest absolute Gasteiger partial charge is 0.407 e. The molecule has 0 aliphatic heterocycles. The fraction of sp³-hybridized carbons (Fsp3) is 0.0556. The summed E-state index contributed by atoms with van der Waals surface area (Å²) in [5, 5.41) is 5.68. The minimum Gasteiger partial charge on any atom is -0.407 e. The van der Waals surface area contributed by atoms with Gasteiger partial charge in [0.25, 0.3) is 11.8 Å². The maximum absolute atomic E-state index is 14.5. The van der Waals surface area contributed by atoms with Crippen LogP contribution in [0.1, 0.15) is 37.4 Å². The van der Waals surface area contributed by atoms with E-state index in [9.17, 15) is 32.3 Å². The Balaban J connectivity index is 0.000000170. The summed E-state index contributed by atoms with van der Waals surface area (Å²) in [5.41, 5.74) is 9.16.